The van der Waals surface area contributed by atoms with E-state index in [0.29, 0.717) is 15.7 Å². The van der Waals surface area contributed by atoms with Crippen molar-refractivity contribution >= 4 is 39.9 Å². The van der Waals surface area contributed by atoms with Crippen molar-refractivity contribution < 1.29 is 0 Å². The van der Waals surface area contributed by atoms with Crippen LogP contribution in [-0.2, 0) is 6.54 Å². The van der Waals surface area contributed by atoms with Crippen molar-refractivity contribution in [2.75, 3.05) is 5.73 Å². The largest absolute Gasteiger partial charge is 0.397 e. The van der Waals surface area contributed by atoms with Crippen LogP contribution in [0.1, 0.15) is 6.92 Å². The molecule has 3 aromatic rings. The van der Waals surface area contributed by atoms with Crippen molar-refractivity contribution in [3.63, 3.8) is 0 Å². The molecule has 0 aliphatic heterocycles. The molecule has 0 amide bonds. The quantitative estimate of drug-likeness (QED) is 0.702. The molecule has 0 saturated heterocycles. The maximum absolute atomic E-state index is 6.29. The summed E-state index contributed by atoms with van der Waals surface area (Å²) >= 11 is 12.4. The standard InChI is InChI=1S/C15H13Cl2N3/c1-2-20-14-11(17)7-4-8-12(14)19-15(20)9-5-3-6-10(16)13(9)18/h3-8H,2,18H2,1H3. The molecule has 5 heteroatoms. The van der Waals surface area contributed by atoms with Crippen LogP contribution in [0.5, 0.6) is 0 Å². The van der Waals surface area contributed by atoms with Gasteiger partial charge in [-0.15, -0.1) is 0 Å². The number of aromatic nitrogens is 2. The number of hydrogen-bond donors (Lipinski definition) is 1. The molecule has 1 heterocycles. The van der Waals surface area contributed by atoms with Crippen LogP contribution in [0.15, 0.2) is 36.4 Å². The van der Waals surface area contributed by atoms with Crippen molar-refractivity contribution in [3.05, 3.63) is 46.4 Å². The first-order valence-electron chi connectivity index (χ1n) is 6.32. The molecule has 0 spiro atoms. The summed E-state index contributed by atoms with van der Waals surface area (Å²) in [5, 5.41) is 1.21. The molecule has 20 heavy (non-hydrogen) atoms. The van der Waals surface area contributed by atoms with Crippen molar-refractivity contribution in [1.29, 1.82) is 0 Å². The Morgan fingerprint density at radius 1 is 1.10 bits per heavy atom. The number of para-hydroxylation sites is 2. The highest BCUT2D eigenvalue weighted by Crippen LogP contribution is 2.34. The summed E-state index contributed by atoms with van der Waals surface area (Å²) in [5.41, 5.74) is 9.22. The molecule has 3 nitrogen and oxygen atoms in total. The molecule has 0 bridgehead atoms. The van der Waals surface area contributed by atoms with Crippen molar-refractivity contribution in [3.8, 4) is 11.4 Å². The Balaban J connectivity index is 2.37. The molecule has 0 saturated carbocycles. The molecular formula is C15H13Cl2N3. The molecule has 2 aromatic carbocycles. The molecule has 1 aromatic heterocycles. The highest BCUT2D eigenvalue weighted by atomic mass is 35.5. The van der Waals surface area contributed by atoms with E-state index >= 15 is 0 Å². The van der Waals surface area contributed by atoms with Gasteiger partial charge in [0, 0.05) is 12.1 Å². The van der Waals surface area contributed by atoms with Gasteiger partial charge in [-0.3, -0.25) is 0 Å². The smallest absolute Gasteiger partial charge is 0.143 e. The summed E-state index contributed by atoms with van der Waals surface area (Å²) in [5.74, 6) is 0.788. The van der Waals surface area contributed by atoms with E-state index in [-0.39, 0.29) is 0 Å². The predicted molar refractivity (Wildman–Crippen MR) is 85.3 cm³/mol. The molecule has 2 N–H and O–H groups in total. The fraction of sp³-hybridized carbons (Fsp3) is 0.133. The topological polar surface area (TPSA) is 43.8 Å². The number of rotatable bonds is 2. The van der Waals surface area contributed by atoms with Crippen LogP contribution in [0.3, 0.4) is 0 Å². The van der Waals surface area contributed by atoms with E-state index < -0.39 is 0 Å². The Morgan fingerprint density at radius 3 is 2.55 bits per heavy atom. The van der Waals surface area contributed by atoms with Gasteiger partial charge in [0.25, 0.3) is 0 Å². The van der Waals surface area contributed by atoms with E-state index in [9.17, 15) is 0 Å². The summed E-state index contributed by atoms with van der Waals surface area (Å²) in [6.45, 7) is 2.80. The monoisotopic (exact) mass is 305 g/mol. The third-order valence-corrected chi connectivity index (χ3v) is 3.96. The van der Waals surface area contributed by atoms with Crippen LogP contribution in [-0.4, -0.2) is 9.55 Å². The van der Waals surface area contributed by atoms with Crippen molar-refractivity contribution in [2.45, 2.75) is 13.5 Å². The third-order valence-electron chi connectivity index (χ3n) is 3.33. The van der Waals surface area contributed by atoms with Gasteiger partial charge in [-0.2, -0.15) is 0 Å². The summed E-state index contributed by atoms with van der Waals surface area (Å²) in [6, 6.07) is 11.3. The first-order chi connectivity index (χ1) is 9.63. The average Bonchev–Trinajstić information content (AvgIpc) is 2.81. The van der Waals surface area contributed by atoms with Gasteiger partial charge >= 0.3 is 0 Å². The van der Waals surface area contributed by atoms with Gasteiger partial charge in [0.05, 0.1) is 26.8 Å². The van der Waals surface area contributed by atoms with E-state index in [2.05, 4.69) is 16.5 Å². The lowest BCUT2D eigenvalue weighted by atomic mass is 10.1. The first kappa shape index (κ1) is 13.3. The van der Waals surface area contributed by atoms with Gasteiger partial charge in [-0.05, 0) is 31.2 Å². The average molecular weight is 306 g/mol. The summed E-state index contributed by atoms with van der Waals surface area (Å²) in [6.07, 6.45) is 0. The number of fused-ring (bicyclic) bond motifs is 1. The molecule has 0 unspecified atom stereocenters. The maximum Gasteiger partial charge on any atom is 0.143 e. The maximum atomic E-state index is 6.29. The van der Waals surface area contributed by atoms with Crippen LogP contribution in [0.25, 0.3) is 22.4 Å². The number of nitrogen functional groups attached to an aromatic ring is 1. The number of aryl methyl sites for hydroxylation is 1. The van der Waals surface area contributed by atoms with Crippen LogP contribution in [0.2, 0.25) is 10.0 Å². The highest BCUT2D eigenvalue weighted by molar-refractivity contribution is 6.35. The number of hydrogen-bond acceptors (Lipinski definition) is 2. The van der Waals surface area contributed by atoms with Gasteiger partial charge in [-0.1, -0.05) is 35.3 Å². The molecule has 3 rings (SSSR count). The molecule has 0 atom stereocenters. The number of nitrogens with zero attached hydrogens (tertiary/aromatic N) is 2. The van der Waals surface area contributed by atoms with Gasteiger partial charge in [0.15, 0.2) is 0 Å². The van der Waals surface area contributed by atoms with E-state index in [1.165, 1.54) is 0 Å². The lowest BCUT2D eigenvalue weighted by molar-refractivity contribution is 0.797. The minimum atomic E-state index is 0.531. The summed E-state index contributed by atoms with van der Waals surface area (Å²) in [4.78, 5) is 4.66. The Kier molecular flexibility index (Phi) is 3.32. The first-order valence-corrected chi connectivity index (χ1v) is 7.08. The number of nitrogens with two attached hydrogens (primary N) is 1. The molecule has 0 aliphatic carbocycles. The van der Waals surface area contributed by atoms with E-state index in [1.54, 1.807) is 6.07 Å². The van der Waals surface area contributed by atoms with Gasteiger partial charge in [-0.25, -0.2) is 4.98 Å². The number of anilines is 1. The second-order valence-corrected chi connectivity index (χ2v) is 5.30. The minimum absolute atomic E-state index is 0.531. The minimum Gasteiger partial charge on any atom is -0.397 e. The van der Waals surface area contributed by atoms with Crippen LogP contribution < -0.4 is 5.73 Å². The fourth-order valence-electron chi connectivity index (χ4n) is 2.39. The Morgan fingerprint density at radius 2 is 1.80 bits per heavy atom. The van der Waals surface area contributed by atoms with Crippen LogP contribution >= 0.6 is 23.2 Å². The zero-order valence-electron chi connectivity index (χ0n) is 10.9. The SMILES string of the molecule is CCn1c(-c2cccc(Cl)c2N)nc2cccc(Cl)c21. The molecule has 0 radical (unpaired) electrons. The number of imidazole rings is 1. The predicted octanol–water partition coefficient (Wildman–Crippen LogP) is 4.61. The normalized spacial score (nSPS) is 11.2. The van der Waals surface area contributed by atoms with Gasteiger partial charge < -0.3 is 10.3 Å². The zero-order chi connectivity index (χ0) is 14.3. The Bertz CT molecular complexity index is 793. The lowest BCUT2D eigenvalue weighted by Crippen LogP contribution is -2.00. The fourth-order valence-corrected chi connectivity index (χ4v) is 2.83. The molecular weight excluding hydrogens is 293 g/mol. The molecule has 102 valence electrons. The van der Waals surface area contributed by atoms with E-state index in [1.807, 2.05) is 30.3 Å². The molecule has 0 aliphatic rings. The van der Waals surface area contributed by atoms with Crippen LogP contribution in [0, 0.1) is 0 Å². The Hall–Kier alpha value is -1.71. The third kappa shape index (κ3) is 1.94. The lowest BCUT2D eigenvalue weighted by Gasteiger charge is -2.09. The second kappa shape index (κ2) is 5.00. The van der Waals surface area contributed by atoms with Gasteiger partial charge in [0.1, 0.15) is 5.82 Å². The van der Waals surface area contributed by atoms with E-state index in [4.69, 9.17) is 28.9 Å². The molecule has 0 fully saturated rings. The second-order valence-electron chi connectivity index (χ2n) is 4.49. The highest BCUT2D eigenvalue weighted by Gasteiger charge is 2.16. The summed E-state index contributed by atoms with van der Waals surface area (Å²) in [7, 11) is 0. The van der Waals surface area contributed by atoms with Crippen molar-refractivity contribution in [1.82, 2.24) is 9.55 Å². The Labute approximate surface area is 126 Å². The van der Waals surface area contributed by atoms with Crippen molar-refractivity contribution in [2.24, 2.45) is 0 Å². The van der Waals surface area contributed by atoms with Gasteiger partial charge in [0.2, 0.25) is 0 Å². The van der Waals surface area contributed by atoms with E-state index in [0.717, 1.165) is 29.0 Å². The summed E-state index contributed by atoms with van der Waals surface area (Å²) < 4.78 is 2.06. The number of halogens is 2. The number of benzene rings is 2. The van der Waals surface area contributed by atoms with Crippen LogP contribution in [0.4, 0.5) is 5.69 Å². The zero-order valence-corrected chi connectivity index (χ0v) is 12.4.